The fraction of sp³-hybridized carbons (Fsp3) is 0.684. The summed E-state index contributed by atoms with van der Waals surface area (Å²) in [6.07, 6.45) is 4.49. The van der Waals surface area contributed by atoms with Crippen LogP contribution in [-0.2, 0) is 16.0 Å². The van der Waals surface area contributed by atoms with Crippen LogP contribution in [0.3, 0.4) is 0 Å². The molecule has 1 heterocycles. The fourth-order valence-electron chi connectivity index (χ4n) is 3.15. The first-order chi connectivity index (χ1) is 11.8. The molecule has 2 rings (SSSR count). The van der Waals surface area contributed by atoms with Crippen LogP contribution in [0.4, 0.5) is 0 Å². The summed E-state index contributed by atoms with van der Waals surface area (Å²) < 4.78 is 17.2. The van der Waals surface area contributed by atoms with Crippen molar-refractivity contribution in [3.63, 3.8) is 0 Å². The quantitative estimate of drug-likeness (QED) is 0.565. The minimum absolute atomic E-state index is 0.302. The lowest BCUT2D eigenvalue weighted by molar-refractivity contribution is -0.152. The number of hydrogen-bond donors (Lipinski definition) is 0. The van der Waals surface area contributed by atoms with Gasteiger partial charge < -0.3 is 14.2 Å². The lowest BCUT2D eigenvalue weighted by atomic mass is 10.1. The van der Waals surface area contributed by atoms with Crippen molar-refractivity contribution in [3.05, 3.63) is 29.8 Å². The van der Waals surface area contributed by atoms with Crippen LogP contribution in [0.1, 0.15) is 32.3 Å². The molecule has 1 aliphatic rings. The molecule has 0 saturated carbocycles. The Hall–Kier alpha value is -0.750. The average molecular weight is 354 g/mol. The van der Waals surface area contributed by atoms with Crippen LogP contribution in [0.2, 0.25) is 0 Å². The van der Waals surface area contributed by atoms with E-state index in [1.54, 1.807) is 0 Å². The largest absolute Gasteiger partial charge is 0.488 e. The molecular formula is C19H31NO3S. The van der Waals surface area contributed by atoms with Crippen LogP contribution in [0, 0.1) is 0 Å². The van der Waals surface area contributed by atoms with Crippen molar-refractivity contribution in [2.45, 2.75) is 45.6 Å². The van der Waals surface area contributed by atoms with Gasteiger partial charge in [0.2, 0.25) is 0 Å². The molecule has 1 fully saturated rings. The van der Waals surface area contributed by atoms with E-state index in [2.05, 4.69) is 23.3 Å². The zero-order valence-corrected chi connectivity index (χ0v) is 16.0. The first-order valence-electron chi connectivity index (χ1n) is 8.95. The van der Waals surface area contributed by atoms with Crippen molar-refractivity contribution in [2.75, 3.05) is 38.4 Å². The van der Waals surface area contributed by atoms with Gasteiger partial charge in [-0.2, -0.15) is 11.8 Å². The number of benzene rings is 1. The molecule has 0 aromatic heterocycles. The van der Waals surface area contributed by atoms with Crippen molar-refractivity contribution in [1.29, 1.82) is 0 Å². The predicted octanol–water partition coefficient (Wildman–Crippen LogP) is 3.79. The Bertz CT molecular complexity index is 466. The third-order valence-corrected chi connectivity index (χ3v) is 5.00. The smallest absolute Gasteiger partial charge is 0.191 e. The van der Waals surface area contributed by atoms with Gasteiger partial charge in [-0.25, -0.2) is 0 Å². The fourth-order valence-corrected chi connectivity index (χ4v) is 3.91. The molecule has 136 valence electrons. The second kappa shape index (κ2) is 11.0. The highest BCUT2D eigenvalue weighted by Crippen LogP contribution is 2.26. The summed E-state index contributed by atoms with van der Waals surface area (Å²) in [5, 5.41) is 0. The first-order valence-corrected chi connectivity index (χ1v) is 10.3. The number of rotatable bonds is 11. The standard InChI is InChI=1S/C19H31NO3S/c1-4-21-19(22-5-2)14-23-18-11-7-6-9-16(18)13-20-12-8-10-17(20)15-24-3/h6-7,9,11,17,19H,4-5,8,10,12-15H2,1-3H3/t17-/m1/s1. The third kappa shape index (κ3) is 5.96. The van der Waals surface area contributed by atoms with Crippen LogP contribution in [-0.4, -0.2) is 55.6 Å². The molecule has 0 aliphatic carbocycles. The Labute approximate surface area is 150 Å². The maximum atomic E-state index is 6.03. The van der Waals surface area contributed by atoms with E-state index in [0.717, 1.165) is 12.3 Å². The molecule has 0 bridgehead atoms. The van der Waals surface area contributed by atoms with Gasteiger partial charge in [-0.3, -0.25) is 4.90 Å². The van der Waals surface area contributed by atoms with E-state index in [9.17, 15) is 0 Å². The summed E-state index contributed by atoms with van der Waals surface area (Å²) in [7, 11) is 0. The topological polar surface area (TPSA) is 30.9 Å². The lowest BCUT2D eigenvalue weighted by Crippen LogP contribution is -2.31. The molecule has 0 spiro atoms. The average Bonchev–Trinajstić information content (AvgIpc) is 3.02. The van der Waals surface area contributed by atoms with Crippen molar-refractivity contribution in [3.8, 4) is 5.75 Å². The summed E-state index contributed by atoms with van der Waals surface area (Å²) in [5.41, 5.74) is 1.25. The SMILES string of the molecule is CCOC(COc1ccccc1CN1CCC[C@@H]1CSC)OCC. The van der Waals surface area contributed by atoms with Gasteiger partial charge in [-0.15, -0.1) is 0 Å². The lowest BCUT2D eigenvalue weighted by Gasteiger charge is -2.25. The molecule has 1 aromatic carbocycles. The van der Waals surface area contributed by atoms with Gasteiger partial charge in [0.1, 0.15) is 12.4 Å². The van der Waals surface area contributed by atoms with Gasteiger partial charge in [-0.1, -0.05) is 18.2 Å². The Morgan fingerprint density at radius 1 is 1.21 bits per heavy atom. The van der Waals surface area contributed by atoms with E-state index < -0.39 is 0 Å². The van der Waals surface area contributed by atoms with Crippen LogP contribution >= 0.6 is 11.8 Å². The number of hydrogen-bond acceptors (Lipinski definition) is 5. The van der Waals surface area contributed by atoms with E-state index in [1.807, 2.05) is 37.7 Å². The molecule has 4 nitrogen and oxygen atoms in total. The van der Waals surface area contributed by atoms with Crippen molar-refractivity contribution >= 4 is 11.8 Å². The summed E-state index contributed by atoms with van der Waals surface area (Å²) in [5.74, 6) is 2.15. The minimum atomic E-state index is -0.302. The number of para-hydroxylation sites is 1. The molecule has 1 atom stereocenters. The molecule has 0 N–H and O–H groups in total. The Morgan fingerprint density at radius 3 is 2.67 bits per heavy atom. The number of thioether (sulfide) groups is 1. The van der Waals surface area contributed by atoms with Gasteiger partial charge in [0, 0.05) is 37.1 Å². The molecule has 24 heavy (non-hydrogen) atoms. The molecule has 0 amide bonds. The Kier molecular flexibility index (Phi) is 8.95. The van der Waals surface area contributed by atoms with Gasteiger partial charge >= 0.3 is 0 Å². The third-order valence-electron chi connectivity index (χ3n) is 4.28. The molecule has 1 saturated heterocycles. The van der Waals surface area contributed by atoms with Crippen LogP contribution in [0.25, 0.3) is 0 Å². The predicted molar refractivity (Wildman–Crippen MR) is 101 cm³/mol. The molecule has 0 radical (unpaired) electrons. The first kappa shape index (κ1) is 19.6. The second-order valence-electron chi connectivity index (χ2n) is 5.98. The number of nitrogens with zero attached hydrogens (tertiary/aromatic N) is 1. The van der Waals surface area contributed by atoms with E-state index in [-0.39, 0.29) is 6.29 Å². The monoisotopic (exact) mass is 353 g/mol. The minimum Gasteiger partial charge on any atom is -0.488 e. The molecule has 1 aromatic rings. The number of ether oxygens (including phenoxy) is 3. The summed E-state index contributed by atoms with van der Waals surface area (Å²) in [6.45, 7) is 7.75. The van der Waals surface area contributed by atoms with Gasteiger partial charge in [-0.05, 0) is 45.6 Å². The molecule has 1 aliphatic heterocycles. The van der Waals surface area contributed by atoms with Crippen molar-refractivity contribution < 1.29 is 14.2 Å². The highest BCUT2D eigenvalue weighted by atomic mass is 32.2. The van der Waals surface area contributed by atoms with E-state index >= 15 is 0 Å². The second-order valence-corrected chi connectivity index (χ2v) is 6.89. The summed E-state index contributed by atoms with van der Waals surface area (Å²) in [4.78, 5) is 2.58. The van der Waals surface area contributed by atoms with Crippen LogP contribution in [0.5, 0.6) is 5.75 Å². The maximum absolute atomic E-state index is 6.03. The molecule has 5 heteroatoms. The molecular weight excluding hydrogens is 322 g/mol. The zero-order chi connectivity index (χ0) is 17.2. The van der Waals surface area contributed by atoms with Crippen molar-refractivity contribution in [1.82, 2.24) is 4.90 Å². The summed E-state index contributed by atoms with van der Waals surface area (Å²) in [6, 6.07) is 9.01. The van der Waals surface area contributed by atoms with Gasteiger partial charge in [0.05, 0.1) is 0 Å². The van der Waals surface area contributed by atoms with E-state index in [1.165, 1.54) is 30.7 Å². The van der Waals surface area contributed by atoms with Crippen LogP contribution in [0.15, 0.2) is 24.3 Å². The van der Waals surface area contributed by atoms with E-state index in [0.29, 0.717) is 25.9 Å². The van der Waals surface area contributed by atoms with Crippen LogP contribution < -0.4 is 4.74 Å². The normalized spacial score (nSPS) is 18.4. The highest BCUT2D eigenvalue weighted by molar-refractivity contribution is 7.98. The van der Waals surface area contributed by atoms with Gasteiger partial charge in [0.25, 0.3) is 0 Å². The van der Waals surface area contributed by atoms with Crippen molar-refractivity contribution in [2.24, 2.45) is 0 Å². The highest BCUT2D eigenvalue weighted by Gasteiger charge is 2.24. The number of likely N-dealkylation sites (tertiary alicyclic amines) is 1. The van der Waals surface area contributed by atoms with E-state index in [4.69, 9.17) is 14.2 Å². The van der Waals surface area contributed by atoms with Gasteiger partial charge in [0.15, 0.2) is 6.29 Å². The summed E-state index contributed by atoms with van der Waals surface area (Å²) >= 11 is 1.94. The zero-order valence-electron chi connectivity index (χ0n) is 15.2. The molecule has 0 unspecified atom stereocenters. The Balaban J connectivity index is 1.96. The maximum Gasteiger partial charge on any atom is 0.191 e. The Morgan fingerprint density at radius 2 is 1.96 bits per heavy atom.